The molecule has 1 saturated heterocycles. The van der Waals surface area contributed by atoms with Crippen LogP contribution in [0.15, 0.2) is 28.7 Å². The Kier molecular flexibility index (Phi) is 4.48. The molecule has 92 valence electrons. The van der Waals surface area contributed by atoms with Gasteiger partial charge in [-0.05, 0) is 12.1 Å². The van der Waals surface area contributed by atoms with Crippen molar-refractivity contribution in [3.05, 3.63) is 34.3 Å². The third-order valence-electron chi connectivity index (χ3n) is 2.80. The van der Waals surface area contributed by atoms with Crippen molar-refractivity contribution in [1.29, 1.82) is 0 Å². The van der Waals surface area contributed by atoms with Crippen LogP contribution in [0.4, 0.5) is 0 Å². The highest BCUT2D eigenvalue weighted by atomic mass is 79.9. The molecule has 1 fully saturated rings. The van der Waals surface area contributed by atoms with Crippen LogP contribution in [0.1, 0.15) is 10.4 Å². The molecule has 0 atom stereocenters. The maximum Gasteiger partial charge on any atom is 0.176 e. The predicted molar refractivity (Wildman–Crippen MR) is 72.8 cm³/mol. The lowest BCUT2D eigenvalue weighted by Crippen LogP contribution is -2.40. The summed E-state index contributed by atoms with van der Waals surface area (Å²) in [5.74, 6) is 1.51. The van der Waals surface area contributed by atoms with Crippen molar-refractivity contribution in [3.8, 4) is 0 Å². The van der Waals surface area contributed by atoms with E-state index in [9.17, 15) is 9.00 Å². The van der Waals surface area contributed by atoms with E-state index in [1.165, 1.54) is 0 Å². The van der Waals surface area contributed by atoms with Gasteiger partial charge in [-0.15, -0.1) is 0 Å². The molecule has 1 aromatic rings. The lowest BCUT2D eigenvalue weighted by atomic mass is 10.1. The van der Waals surface area contributed by atoms with Gasteiger partial charge in [-0.1, -0.05) is 28.1 Å². The number of halogens is 1. The molecule has 1 aliphatic rings. The number of benzene rings is 1. The summed E-state index contributed by atoms with van der Waals surface area (Å²) in [6.07, 6.45) is 0. The first-order valence-corrected chi connectivity index (χ1v) is 7.79. The molecule has 0 spiro atoms. The number of hydrogen-bond acceptors (Lipinski definition) is 3. The van der Waals surface area contributed by atoms with E-state index in [0.717, 1.165) is 23.1 Å². The summed E-state index contributed by atoms with van der Waals surface area (Å²) in [6.45, 7) is 1.95. The number of nitrogens with zero attached hydrogens (tertiary/aromatic N) is 1. The van der Waals surface area contributed by atoms with Gasteiger partial charge in [0.1, 0.15) is 0 Å². The minimum absolute atomic E-state index is 0.130. The lowest BCUT2D eigenvalue weighted by Gasteiger charge is -2.25. The van der Waals surface area contributed by atoms with Crippen molar-refractivity contribution in [2.45, 2.75) is 0 Å². The fraction of sp³-hybridized carbons (Fsp3) is 0.417. The largest absolute Gasteiger partial charge is 0.294 e. The molecule has 1 heterocycles. The minimum Gasteiger partial charge on any atom is -0.294 e. The normalized spacial score (nSPS) is 18.2. The lowest BCUT2D eigenvalue weighted by molar-refractivity contribution is 0.0936. The van der Waals surface area contributed by atoms with Crippen molar-refractivity contribution < 1.29 is 9.00 Å². The number of carbonyl (C=O) groups excluding carboxylic acids is 1. The Hall–Kier alpha value is -0.520. The first kappa shape index (κ1) is 12.9. The molecule has 0 saturated carbocycles. The Bertz CT molecular complexity index is 423. The predicted octanol–water partition coefficient (Wildman–Crippen LogP) is 1.70. The highest BCUT2D eigenvalue weighted by molar-refractivity contribution is 9.10. The van der Waals surface area contributed by atoms with E-state index in [4.69, 9.17) is 0 Å². The van der Waals surface area contributed by atoms with Crippen molar-refractivity contribution in [1.82, 2.24) is 4.90 Å². The summed E-state index contributed by atoms with van der Waals surface area (Å²) in [7, 11) is -0.682. The van der Waals surface area contributed by atoms with Crippen molar-refractivity contribution in [2.75, 3.05) is 31.1 Å². The molecule has 3 nitrogen and oxygen atoms in total. The summed E-state index contributed by atoms with van der Waals surface area (Å²) in [5.41, 5.74) is 0.736. The quantitative estimate of drug-likeness (QED) is 0.797. The van der Waals surface area contributed by atoms with Crippen LogP contribution in [0.2, 0.25) is 0 Å². The van der Waals surface area contributed by atoms with Crippen LogP contribution in [0.25, 0.3) is 0 Å². The van der Waals surface area contributed by atoms with E-state index in [0.29, 0.717) is 18.1 Å². The fourth-order valence-corrected chi connectivity index (χ4v) is 3.16. The van der Waals surface area contributed by atoms with Gasteiger partial charge in [0, 0.05) is 45.4 Å². The van der Waals surface area contributed by atoms with E-state index in [-0.39, 0.29) is 5.78 Å². The second-order valence-electron chi connectivity index (χ2n) is 4.05. The molecule has 0 amide bonds. The molecule has 0 bridgehead atoms. The van der Waals surface area contributed by atoms with Gasteiger partial charge in [-0.3, -0.25) is 13.9 Å². The van der Waals surface area contributed by atoms with E-state index in [1.54, 1.807) is 0 Å². The van der Waals surface area contributed by atoms with Crippen LogP contribution >= 0.6 is 15.9 Å². The number of carbonyl (C=O) groups is 1. The summed E-state index contributed by atoms with van der Waals surface area (Å²) in [5, 5.41) is 0. The van der Waals surface area contributed by atoms with Crippen LogP contribution in [0.5, 0.6) is 0 Å². The number of Topliss-reactive ketones (excluding diaryl/α,β-unsaturated/α-hetero) is 1. The average molecular weight is 316 g/mol. The van der Waals surface area contributed by atoms with Gasteiger partial charge in [-0.2, -0.15) is 0 Å². The Morgan fingerprint density at radius 1 is 1.24 bits per heavy atom. The SMILES string of the molecule is O=C(CN1CCS(=O)CC1)c1ccc(Br)cc1. The third-order valence-corrected chi connectivity index (χ3v) is 4.61. The second kappa shape index (κ2) is 5.89. The van der Waals surface area contributed by atoms with E-state index < -0.39 is 10.8 Å². The van der Waals surface area contributed by atoms with Gasteiger partial charge < -0.3 is 0 Å². The third kappa shape index (κ3) is 3.72. The van der Waals surface area contributed by atoms with E-state index in [1.807, 2.05) is 24.3 Å². The highest BCUT2D eigenvalue weighted by Gasteiger charge is 2.18. The van der Waals surface area contributed by atoms with Crippen LogP contribution in [0, 0.1) is 0 Å². The Morgan fingerprint density at radius 3 is 2.41 bits per heavy atom. The molecule has 5 heteroatoms. The Morgan fingerprint density at radius 2 is 1.82 bits per heavy atom. The highest BCUT2D eigenvalue weighted by Crippen LogP contribution is 2.11. The van der Waals surface area contributed by atoms with Gasteiger partial charge in [0.25, 0.3) is 0 Å². The Balaban J connectivity index is 1.93. The minimum atomic E-state index is -0.682. The summed E-state index contributed by atoms with van der Waals surface area (Å²) in [4.78, 5) is 14.0. The first-order valence-electron chi connectivity index (χ1n) is 5.51. The van der Waals surface area contributed by atoms with Crippen molar-refractivity contribution >= 4 is 32.5 Å². The first-order chi connectivity index (χ1) is 8.15. The molecule has 0 aromatic heterocycles. The molecule has 0 aliphatic carbocycles. The van der Waals surface area contributed by atoms with E-state index >= 15 is 0 Å². The van der Waals surface area contributed by atoms with Crippen molar-refractivity contribution in [2.24, 2.45) is 0 Å². The van der Waals surface area contributed by atoms with Crippen LogP contribution < -0.4 is 0 Å². The summed E-state index contributed by atoms with van der Waals surface area (Å²) in [6, 6.07) is 7.40. The van der Waals surface area contributed by atoms with Crippen molar-refractivity contribution in [3.63, 3.8) is 0 Å². The van der Waals surface area contributed by atoms with Gasteiger partial charge in [0.05, 0.1) is 6.54 Å². The topological polar surface area (TPSA) is 37.4 Å². The van der Waals surface area contributed by atoms with Crippen LogP contribution in [-0.4, -0.2) is 46.0 Å². The van der Waals surface area contributed by atoms with Gasteiger partial charge in [0.15, 0.2) is 5.78 Å². The monoisotopic (exact) mass is 315 g/mol. The molecule has 2 rings (SSSR count). The summed E-state index contributed by atoms with van der Waals surface area (Å²) < 4.78 is 12.2. The smallest absolute Gasteiger partial charge is 0.176 e. The number of hydrogen-bond donors (Lipinski definition) is 0. The van der Waals surface area contributed by atoms with Crippen LogP contribution in [-0.2, 0) is 10.8 Å². The molecule has 0 radical (unpaired) electrons. The zero-order valence-electron chi connectivity index (χ0n) is 9.39. The maximum atomic E-state index is 12.0. The molecular formula is C12H14BrNO2S. The number of rotatable bonds is 3. The Labute approximate surface area is 112 Å². The summed E-state index contributed by atoms with van der Waals surface area (Å²) >= 11 is 3.34. The zero-order valence-corrected chi connectivity index (χ0v) is 11.8. The second-order valence-corrected chi connectivity index (χ2v) is 6.67. The van der Waals surface area contributed by atoms with Crippen LogP contribution in [0.3, 0.4) is 0 Å². The average Bonchev–Trinajstić information content (AvgIpc) is 2.33. The van der Waals surface area contributed by atoms with E-state index in [2.05, 4.69) is 20.8 Å². The van der Waals surface area contributed by atoms with Gasteiger partial charge >= 0.3 is 0 Å². The standard InChI is InChI=1S/C12H14BrNO2S/c13-11-3-1-10(2-4-11)12(15)9-14-5-7-17(16)8-6-14/h1-4H,5-9H2. The molecule has 0 N–H and O–H groups in total. The molecule has 0 unspecified atom stereocenters. The molecular weight excluding hydrogens is 302 g/mol. The number of ketones is 1. The molecule has 1 aromatic carbocycles. The van der Waals surface area contributed by atoms with Gasteiger partial charge in [-0.25, -0.2) is 0 Å². The van der Waals surface area contributed by atoms with Gasteiger partial charge in [0.2, 0.25) is 0 Å². The molecule has 17 heavy (non-hydrogen) atoms. The fourth-order valence-electron chi connectivity index (χ4n) is 1.76. The molecule has 1 aliphatic heterocycles. The zero-order chi connectivity index (χ0) is 12.3. The maximum absolute atomic E-state index is 12.0.